The fourth-order valence-electron chi connectivity index (χ4n) is 1.65. The molecule has 1 aromatic rings. The van der Waals surface area contributed by atoms with Gasteiger partial charge in [0.25, 0.3) is 5.91 Å². The van der Waals surface area contributed by atoms with Crippen molar-refractivity contribution in [3.63, 3.8) is 0 Å². The van der Waals surface area contributed by atoms with Gasteiger partial charge in [-0.1, -0.05) is 43.7 Å². The molecular weight excluding hydrogens is 272 g/mol. The molecule has 6 nitrogen and oxygen atoms in total. The van der Waals surface area contributed by atoms with Gasteiger partial charge >= 0.3 is 12.0 Å². The van der Waals surface area contributed by atoms with Gasteiger partial charge in [0.1, 0.15) is 0 Å². The summed E-state index contributed by atoms with van der Waals surface area (Å²) in [5.41, 5.74) is 0.517. The van der Waals surface area contributed by atoms with Crippen molar-refractivity contribution in [2.24, 2.45) is 0 Å². The number of rotatable bonds is 6. The summed E-state index contributed by atoms with van der Waals surface area (Å²) in [4.78, 5) is 35.0. The fraction of sp³-hybridized carbons (Fsp3) is 0.400. The number of esters is 1. The van der Waals surface area contributed by atoms with Gasteiger partial charge in [0.15, 0.2) is 0 Å². The van der Waals surface area contributed by atoms with Crippen LogP contribution in [0.25, 0.3) is 0 Å². The predicted molar refractivity (Wildman–Crippen MR) is 77.4 cm³/mol. The maximum atomic E-state index is 12.1. The molecule has 0 unspecified atom stereocenters. The van der Waals surface area contributed by atoms with Crippen molar-refractivity contribution in [3.8, 4) is 0 Å². The number of benzene rings is 1. The fourth-order valence-corrected chi connectivity index (χ4v) is 1.65. The maximum absolute atomic E-state index is 12.1. The highest BCUT2D eigenvalue weighted by Gasteiger charge is 2.25. The summed E-state index contributed by atoms with van der Waals surface area (Å²) in [6.07, 6.45) is 0.660. The second kappa shape index (κ2) is 8.73. The van der Waals surface area contributed by atoms with Gasteiger partial charge in [0, 0.05) is 19.0 Å². The number of hydrogen-bond acceptors (Lipinski definition) is 4. The third kappa shape index (κ3) is 5.64. The van der Waals surface area contributed by atoms with E-state index in [4.69, 9.17) is 4.74 Å². The highest BCUT2D eigenvalue weighted by Crippen LogP contribution is 2.18. The first-order chi connectivity index (χ1) is 10.1. The first-order valence-corrected chi connectivity index (χ1v) is 6.85. The molecule has 0 bridgehead atoms. The van der Waals surface area contributed by atoms with Crippen molar-refractivity contribution >= 4 is 17.9 Å². The summed E-state index contributed by atoms with van der Waals surface area (Å²) >= 11 is 0. The Labute approximate surface area is 123 Å². The smallest absolute Gasteiger partial charge is 0.321 e. The lowest BCUT2D eigenvalue weighted by molar-refractivity contribution is -0.156. The molecule has 0 saturated heterocycles. The first-order valence-electron chi connectivity index (χ1n) is 6.85. The number of amides is 3. The summed E-state index contributed by atoms with van der Waals surface area (Å²) in [5, 5.41) is 4.40. The van der Waals surface area contributed by atoms with Crippen LogP contribution in [0.1, 0.15) is 37.9 Å². The number of carbonyl (C=O) groups is 3. The van der Waals surface area contributed by atoms with Crippen molar-refractivity contribution in [2.75, 3.05) is 7.05 Å². The summed E-state index contributed by atoms with van der Waals surface area (Å²) in [5.74, 6) is -1.14. The van der Waals surface area contributed by atoms with Crippen LogP contribution in [0.2, 0.25) is 0 Å². The van der Waals surface area contributed by atoms with Gasteiger partial charge in [-0.15, -0.1) is 0 Å². The SMILES string of the molecule is CCCCC(=O)O[C@@H](C(=O)NC(=O)NC)c1ccccc1. The van der Waals surface area contributed by atoms with Gasteiger partial charge in [-0.25, -0.2) is 4.79 Å². The predicted octanol–water partition coefficient (Wildman–Crippen LogP) is 1.92. The van der Waals surface area contributed by atoms with E-state index >= 15 is 0 Å². The number of unbranched alkanes of at least 4 members (excludes halogenated alkanes) is 1. The van der Waals surface area contributed by atoms with Crippen LogP contribution in [-0.4, -0.2) is 25.0 Å². The molecule has 0 spiro atoms. The average molecular weight is 292 g/mol. The zero-order valence-electron chi connectivity index (χ0n) is 12.2. The van der Waals surface area contributed by atoms with E-state index in [1.165, 1.54) is 7.05 Å². The number of urea groups is 1. The van der Waals surface area contributed by atoms with E-state index in [1.807, 2.05) is 6.92 Å². The van der Waals surface area contributed by atoms with E-state index in [-0.39, 0.29) is 6.42 Å². The van der Waals surface area contributed by atoms with E-state index in [2.05, 4.69) is 10.6 Å². The van der Waals surface area contributed by atoms with Crippen LogP contribution >= 0.6 is 0 Å². The zero-order valence-corrected chi connectivity index (χ0v) is 12.2. The molecule has 3 amide bonds. The molecule has 1 aromatic carbocycles. The molecule has 1 rings (SSSR count). The van der Waals surface area contributed by atoms with E-state index in [0.29, 0.717) is 12.0 Å². The van der Waals surface area contributed by atoms with Crippen molar-refractivity contribution in [2.45, 2.75) is 32.3 Å². The Hall–Kier alpha value is -2.37. The Morgan fingerprint density at radius 3 is 2.43 bits per heavy atom. The Bertz CT molecular complexity index is 488. The van der Waals surface area contributed by atoms with Crippen molar-refractivity contribution in [3.05, 3.63) is 35.9 Å². The average Bonchev–Trinajstić information content (AvgIpc) is 2.51. The molecular formula is C15H20N2O4. The number of nitrogens with one attached hydrogen (secondary N) is 2. The Morgan fingerprint density at radius 1 is 1.19 bits per heavy atom. The summed E-state index contributed by atoms with van der Waals surface area (Å²) < 4.78 is 5.21. The lowest BCUT2D eigenvalue weighted by atomic mass is 10.1. The van der Waals surface area contributed by atoms with Crippen molar-refractivity contribution in [1.29, 1.82) is 0 Å². The van der Waals surface area contributed by atoms with Crippen LogP contribution in [0.4, 0.5) is 4.79 Å². The van der Waals surface area contributed by atoms with Gasteiger partial charge in [-0.05, 0) is 6.42 Å². The molecule has 0 aliphatic heterocycles. The van der Waals surface area contributed by atoms with Gasteiger partial charge in [-0.3, -0.25) is 14.9 Å². The number of ether oxygens (including phenoxy) is 1. The minimum atomic E-state index is -1.13. The molecule has 21 heavy (non-hydrogen) atoms. The molecule has 0 radical (unpaired) electrons. The molecule has 0 aromatic heterocycles. The van der Waals surface area contributed by atoms with E-state index in [9.17, 15) is 14.4 Å². The monoisotopic (exact) mass is 292 g/mol. The van der Waals surface area contributed by atoms with Crippen LogP contribution in [0.5, 0.6) is 0 Å². The first kappa shape index (κ1) is 16.7. The lowest BCUT2D eigenvalue weighted by Crippen LogP contribution is -2.41. The van der Waals surface area contributed by atoms with Crippen LogP contribution in [0.3, 0.4) is 0 Å². The largest absolute Gasteiger partial charge is 0.447 e. The van der Waals surface area contributed by atoms with E-state index in [0.717, 1.165) is 6.42 Å². The van der Waals surface area contributed by atoms with Crippen LogP contribution in [-0.2, 0) is 14.3 Å². The molecule has 2 N–H and O–H groups in total. The quantitative estimate of drug-likeness (QED) is 0.784. The number of hydrogen-bond donors (Lipinski definition) is 2. The topological polar surface area (TPSA) is 84.5 Å². The minimum Gasteiger partial charge on any atom is -0.447 e. The summed E-state index contributed by atoms with van der Waals surface area (Å²) in [6.45, 7) is 1.96. The van der Waals surface area contributed by atoms with Crippen LogP contribution in [0.15, 0.2) is 30.3 Å². The standard InChI is InChI=1S/C15H20N2O4/c1-3-4-10-12(18)21-13(11-8-6-5-7-9-11)14(19)17-15(20)16-2/h5-9,13H,3-4,10H2,1-2H3,(H2,16,17,19,20)/t13-/m1/s1. The second-order valence-electron chi connectivity index (χ2n) is 4.45. The van der Waals surface area contributed by atoms with Gasteiger partial charge in [0.05, 0.1) is 0 Å². The molecule has 6 heteroatoms. The third-order valence-corrected chi connectivity index (χ3v) is 2.79. The van der Waals surface area contributed by atoms with Crippen molar-refractivity contribution in [1.82, 2.24) is 10.6 Å². The van der Waals surface area contributed by atoms with E-state index in [1.54, 1.807) is 30.3 Å². The van der Waals surface area contributed by atoms with Crippen molar-refractivity contribution < 1.29 is 19.1 Å². The third-order valence-electron chi connectivity index (χ3n) is 2.79. The van der Waals surface area contributed by atoms with Gasteiger partial charge in [0.2, 0.25) is 6.10 Å². The lowest BCUT2D eigenvalue weighted by Gasteiger charge is -2.17. The molecule has 0 heterocycles. The molecule has 0 fully saturated rings. The highest BCUT2D eigenvalue weighted by molar-refractivity contribution is 5.97. The van der Waals surface area contributed by atoms with Gasteiger partial charge < -0.3 is 10.1 Å². The Balaban J connectivity index is 2.82. The Kier molecular flexibility index (Phi) is 6.94. The summed E-state index contributed by atoms with van der Waals surface area (Å²) in [7, 11) is 1.40. The number of carbonyl (C=O) groups excluding carboxylic acids is 3. The summed E-state index contributed by atoms with van der Waals surface area (Å²) in [6, 6.07) is 7.94. The molecule has 0 saturated carbocycles. The van der Waals surface area contributed by atoms with Crippen LogP contribution < -0.4 is 10.6 Å². The maximum Gasteiger partial charge on any atom is 0.321 e. The normalized spacial score (nSPS) is 11.3. The van der Waals surface area contributed by atoms with Gasteiger partial charge in [-0.2, -0.15) is 0 Å². The molecule has 1 atom stereocenters. The Morgan fingerprint density at radius 2 is 1.86 bits per heavy atom. The number of imide groups is 1. The van der Waals surface area contributed by atoms with Crippen LogP contribution in [0, 0.1) is 0 Å². The second-order valence-corrected chi connectivity index (χ2v) is 4.45. The minimum absolute atomic E-state index is 0.243. The molecule has 114 valence electrons. The van der Waals surface area contributed by atoms with E-state index < -0.39 is 24.0 Å². The molecule has 0 aliphatic rings. The molecule has 0 aliphatic carbocycles. The highest BCUT2D eigenvalue weighted by atomic mass is 16.5. The zero-order chi connectivity index (χ0) is 15.7.